The predicted octanol–water partition coefficient (Wildman–Crippen LogP) is 1.94. The van der Waals surface area contributed by atoms with E-state index in [1.54, 1.807) is 6.07 Å². The Labute approximate surface area is 120 Å². The van der Waals surface area contributed by atoms with E-state index >= 15 is 0 Å². The summed E-state index contributed by atoms with van der Waals surface area (Å²) in [6, 6.07) is 1.76. The van der Waals surface area contributed by atoms with E-state index in [-0.39, 0.29) is 5.84 Å². The largest absolute Gasteiger partial charge is 0.382 e. The number of fused-ring (bicyclic) bond motifs is 2. The zero-order valence-corrected chi connectivity index (χ0v) is 12.3. The van der Waals surface area contributed by atoms with Crippen LogP contribution in [0, 0.1) is 30.1 Å². The molecular weight excluding hydrogens is 250 g/mol. The molecule has 1 aromatic heterocycles. The molecule has 2 aliphatic rings. The lowest BCUT2D eigenvalue weighted by atomic mass is 9.88. The zero-order valence-electron chi connectivity index (χ0n) is 12.3. The van der Waals surface area contributed by atoms with Crippen molar-refractivity contribution in [1.82, 2.24) is 9.97 Å². The van der Waals surface area contributed by atoms with Gasteiger partial charge in [0.1, 0.15) is 11.5 Å². The fourth-order valence-electron chi connectivity index (χ4n) is 3.90. The van der Waals surface area contributed by atoms with E-state index in [1.807, 2.05) is 14.0 Å². The van der Waals surface area contributed by atoms with Gasteiger partial charge in [0.15, 0.2) is 0 Å². The number of aryl methyl sites for hydroxylation is 1. The number of amidine groups is 1. The molecule has 0 radical (unpaired) electrons. The number of hydrogen-bond acceptors (Lipinski definition) is 4. The molecule has 2 saturated carbocycles. The minimum absolute atomic E-state index is 0.00470. The van der Waals surface area contributed by atoms with Crippen LogP contribution in [0.15, 0.2) is 6.07 Å². The van der Waals surface area contributed by atoms with Gasteiger partial charge in [-0.15, -0.1) is 0 Å². The van der Waals surface area contributed by atoms with E-state index in [0.29, 0.717) is 11.6 Å². The van der Waals surface area contributed by atoms with E-state index < -0.39 is 0 Å². The molecule has 1 heterocycles. The summed E-state index contributed by atoms with van der Waals surface area (Å²) in [5, 5.41) is 7.53. The highest BCUT2D eigenvalue weighted by Crippen LogP contribution is 2.48. The molecule has 3 rings (SSSR count). The number of hydrogen-bond donors (Lipinski definition) is 2. The van der Waals surface area contributed by atoms with Crippen molar-refractivity contribution in [1.29, 1.82) is 5.41 Å². The van der Waals surface area contributed by atoms with Crippen LogP contribution < -0.4 is 10.6 Å². The van der Waals surface area contributed by atoms with Gasteiger partial charge in [0.25, 0.3) is 0 Å². The minimum Gasteiger partial charge on any atom is -0.382 e. The molecule has 0 spiro atoms. The summed E-state index contributed by atoms with van der Waals surface area (Å²) in [4.78, 5) is 11.0. The van der Waals surface area contributed by atoms with E-state index in [0.717, 1.165) is 30.0 Å². The maximum absolute atomic E-state index is 7.53. The molecule has 3 unspecified atom stereocenters. The van der Waals surface area contributed by atoms with Crippen LogP contribution in [-0.4, -0.2) is 29.4 Å². The Morgan fingerprint density at radius 1 is 1.40 bits per heavy atom. The first kappa shape index (κ1) is 13.3. The van der Waals surface area contributed by atoms with Gasteiger partial charge in [0.05, 0.1) is 0 Å². The Hall–Kier alpha value is -1.65. The first-order chi connectivity index (χ1) is 9.52. The molecule has 108 valence electrons. The molecule has 5 nitrogen and oxygen atoms in total. The van der Waals surface area contributed by atoms with Crippen molar-refractivity contribution < 1.29 is 0 Å². The average molecular weight is 273 g/mol. The van der Waals surface area contributed by atoms with Gasteiger partial charge in [-0.2, -0.15) is 0 Å². The fraction of sp³-hybridized carbons (Fsp3) is 0.667. The molecule has 0 amide bonds. The van der Waals surface area contributed by atoms with E-state index in [2.05, 4.69) is 14.9 Å². The summed E-state index contributed by atoms with van der Waals surface area (Å²) in [5.74, 6) is 3.34. The van der Waals surface area contributed by atoms with E-state index in [9.17, 15) is 0 Å². The van der Waals surface area contributed by atoms with Crippen LogP contribution in [0.1, 0.15) is 37.1 Å². The lowest BCUT2D eigenvalue weighted by Gasteiger charge is -2.27. The summed E-state index contributed by atoms with van der Waals surface area (Å²) < 4.78 is 0. The topological polar surface area (TPSA) is 78.9 Å². The van der Waals surface area contributed by atoms with Crippen LogP contribution in [0.3, 0.4) is 0 Å². The van der Waals surface area contributed by atoms with Gasteiger partial charge >= 0.3 is 0 Å². The Balaban J connectivity index is 1.73. The number of aromatic nitrogens is 2. The third-order valence-corrected chi connectivity index (χ3v) is 4.85. The van der Waals surface area contributed by atoms with Crippen molar-refractivity contribution in [3.63, 3.8) is 0 Å². The standard InChI is InChI=1S/C15H23N5/c1-9-5-13(14(16)17)19-15(18-9)20(2)8-12-7-10-3-4-11(12)6-10/h5,10-12H,3-4,6-8H2,1-2H3,(H3,16,17). The van der Waals surface area contributed by atoms with E-state index in [1.165, 1.54) is 25.7 Å². The van der Waals surface area contributed by atoms with Crippen molar-refractivity contribution in [2.75, 3.05) is 18.5 Å². The lowest BCUT2D eigenvalue weighted by Crippen LogP contribution is -2.30. The van der Waals surface area contributed by atoms with Gasteiger partial charge in [-0.3, -0.25) is 5.41 Å². The molecule has 2 fully saturated rings. The van der Waals surface area contributed by atoms with Crippen molar-refractivity contribution in [3.05, 3.63) is 17.5 Å². The lowest BCUT2D eigenvalue weighted by molar-refractivity contribution is 0.336. The number of rotatable bonds is 4. The van der Waals surface area contributed by atoms with Gasteiger partial charge in [0.2, 0.25) is 5.95 Å². The minimum atomic E-state index is 0.00470. The molecule has 20 heavy (non-hydrogen) atoms. The summed E-state index contributed by atoms with van der Waals surface area (Å²) in [6.07, 6.45) is 5.61. The van der Waals surface area contributed by atoms with Crippen LogP contribution >= 0.6 is 0 Å². The molecule has 2 aliphatic carbocycles. The second kappa shape index (κ2) is 5.04. The van der Waals surface area contributed by atoms with Crippen LogP contribution in [-0.2, 0) is 0 Å². The predicted molar refractivity (Wildman–Crippen MR) is 80.0 cm³/mol. The highest BCUT2D eigenvalue weighted by atomic mass is 15.2. The van der Waals surface area contributed by atoms with Gasteiger partial charge in [-0.05, 0) is 50.0 Å². The van der Waals surface area contributed by atoms with Gasteiger partial charge in [-0.25, -0.2) is 9.97 Å². The van der Waals surface area contributed by atoms with Gasteiger partial charge in [-0.1, -0.05) is 6.42 Å². The Kier molecular flexibility index (Phi) is 3.36. The average Bonchev–Trinajstić information content (AvgIpc) is 3.00. The Morgan fingerprint density at radius 3 is 2.80 bits per heavy atom. The third-order valence-electron chi connectivity index (χ3n) is 4.85. The maximum atomic E-state index is 7.53. The van der Waals surface area contributed by atoms with Gasteiger partial charge in [0, 0.05) is 19.3 Å². The Morgan fingerprint density at radius 2 is 2.20 bits per heavy atom. The number of nitrogen functional groups attached to an aromatic ring is 1. The van der Waals surface area contributed by atoms with E-state index in [4.69, 9.17) is 11.1 Å². The Bertz CT molecular complexity index is 527. The third kappa shape index (κ3) is 2.49. The summed E-state index contributed by atoms with van der Waals surface area (Å²) in [7, 11) is 2.05. The maximum Gasteiger partial charge on any atom is 0.225 e. The number of nitrogens with one attached hydrogen (secondary N) is 1. The molecule has 1 aromatic rings. The zero-order chi connectivity index (χ0) is 14.3. The highest BCUT2D eigenvalue weighted by molar-refractivity contribution is 5.93. The molecule has 2 bridgehead atoms. The van der Waals surface area contributed by atoms with Crippen LogP contribution in [0.25, 0.3) is 0 Å². The summed E-state index contributed by atoms with van der Waals surface area (Å²) in [5.41, 5.74) is 6.92. The van der Waals surface area contributed by atoms with Gasteiger partial charge < -0.3 is 10.6 Å². The van der Waals surface area contributed by atoms with Crippen LogP contribution in [0.2, 0.25) is 0 Å². The van der Waals surface area contributed by atoms with Crippen molar-refractivity contribution in [2.24, 2.45) is 23.5 Å². The normalized spacial score (nSPS) is 27.8. The number of nitrogens with two attached hydrogens (primary N) is 1. The monoisotopic (exact) mass is 273 g/mol. The molecule has 3 N–H and O–H groups in total. The second-order valence-corrected chi connectivity index (χ2v) is 6.42. The molecule has 0 saturated heterocycles. The summed E-state index contributed by atoms with van der Waals surface area (Å²) >= 11 is 0. The molecule has 0 aliphatic heterocycles. The van der Waals surface area contributed by atoms with Crippen LogP contribution in [0.4, 0.5) is 5.95 Å². The molecule has 0 aromatic carbocycles. The molecule has 5 heteroatoms. The highest BCUT2D eigenvalue weighted by Gasteiger charge is 2.39. The van der Waals surface area contributed by atoms with Crippen LogP contribution in [0.5, 0.6) is 0 Å². The number of nitrogens with zero attached hydrogens (tertiary/aromatic N) is 3. The molecule has 3 atom stereocenters. The van der Waals surface area contributed by atoms with Crippen molar-refractivity contribution >= 4 is 11.8 Å². The molecular formula is C15H23N5. The van der Waals surface area contributed by atoms with Crippen molar-refractivity contribution in [2.45, 2.75) is 32.6 Å². The first-order valence-corrected chi connectivity index (χ1v) is 7.44. The SMILES string of the molecule is Cc1cc(C(=N)N)nc(N(C)CC2CC3CCC2C3)n1. The quantitative estimate of drug-likeness (QED) is 0.649. The first-order valence-electron chi connectivity index (χ1n) is 7.44. The fourth-order valence-corrected chi connectivity index (χ4v) is 3.90. The summed E-state index contributed by atoms with van der Waals surface area (Å²) in [6.45, 7) is 2.94. The smallest absolute Gasteiger partial charge is 0.225 e. The second-order valence-electron chi connectivity index (χ2n) is 6.42. The number of anilines is 1. The van der Waals surface area contributed by atoms with Crippen molar-refractivity contribution in [3.8, 4) is 0 Å².